The van der Waals surface area contributed by atoms with E-state index in [0.29, 0.717) is 6.54 Å². The van der Waals surface area contributed by atoms with Crippen LogP contribution >= 0.6 is 0 Å². The van der Waals surface area contributed by atoms with E-state index >= 15 is 0 Å². The average molecular weight is 264 g/mol. The van der Waals surface area contributed by atoms with Gasteiger partial charge in [-0.25, -0.2) is 0 Å². The summed E-state index contributed by atoms with van der Waals surface area (Å²) in [5, 5.41) is 18.4. The Bertz CT molecular complexity index is 423. The van der Waals surface area contributed by atoms with Crippen LogP contribution in [0, 0.1) is 5.92 Å². The molecule has 0 radical (unpaired) electrons. The van der Waals surface area contributed by atoms with Crippen LogP contribution < -0.4 is 0 Å². The maximum Gasteiger partial charge on any atom is 0.133 e. The molecule has 2 aliphatic heterocycles. The Hall–Kier alpha value is -0.940. The molecule has 0 saturated carbocycles. The van der Waals surface area contributed by atoms with Gasteiger partial charge < -0.3 is 14.6 Å². The van der Waals surface area contributed by atoms with E-state index in [0.717, 1.165) is 36.8 Å². The van der Waals surface area contributed by atoms with Gasteiger partial charge in [-0.15, -0.1) is 10.2 Å². The molecule has 106 valence electrons. The molecule has 1 aromatic rings. The van der Waals surface area contributed by atoms with Crippen molar-refractivity contribution in [2.24, 2.45) is 5.92 Å². The minimum absolute atomic E-state index is 0.218. The Kier molecular flexibility index (Phi) is 3.84. The Morgan fingerprint density at radius 3 is 2.74 bits per heavy atom. The summed E-state index contributed by atoms with van der Waals surface area (Å²) in [6.45, 7) is 6.51. The summed E-state index contributed by atoms with van der Waals surface area (Å²) in [6.07, 6.45) is 5.02. The zero-order chi connectivity index (χ0) is 13.2. The Balaban J connectivity index is 1.63. The first-order valence-electron chi connectivity index (χ1n) is 7.57. The van der Waals surface area contributed by atoms with Crippen molar-refractivity contribution in [1.29, 1.82) is 0 Å². The minimum Gasteiger partial charge on any atom is -0.391 e. The highest BCUT2D eigenvalue weighted by Gasteiger charge is 2.24. The Morgan fingerprint density at radius 2 is 2.00 bits per heavy atom. The Labute approximate surface area is 114 Å². The highest BCUT2D eigenvalue weighted by molar-refractivity contribution is 5.01. The summed E-state index contributed by atoms with van der Waals surface area (Å²) in [7, 11) is 0. The number of fused-ring (bicyclic) bond motifs is 1. The summed E-state index contributed by atoms with van der Waals surface area (Å²) in [6, 6.07) is 0. The van der Waals surface area contributed by atoms with Gasteiger partial charge in [0.1, 0.15) is 11.6 Å². The summed E-state index contributed by atoms with van der Waals surface area (Å²) in [5.41, 5.74) is 0. The van der Waals surface area contributed by atoms with Crippen molar-refractivity contribution < 1.29 is 5.11 Å². The zero-order valence-electron chi connectivity index (χ0n) is 11.8. The molecule has 1 fully saturated rings. The summed E-state index contributed by atoms with van der Waals surface area (Å²) in [4.78, 5) is 2.51. The number of aliphatic hydroxyl groups is 1. The molecule has 19 heavy (non-hydrogen) atoms. The first-order valence-corrected chi connectivity index (χ1v) is 7.57. The van der Waals surface area contributed by atoms with Crippen LogP contribution in [0.5, 0.6) is 0 Å². The fourth-order valence-corrected chi connectivity index (χ4v) is 3.28. The molecule has 3 rings (SSSR count). The standard InChI is InChI=1S/C14H24N4O/c1-2-17-7-5-11(6-8-17)9-14-16-15-13-4-3-12(19)10-18(13)14/h11-12,19H,2-10H2,1H3. The molecule has 5 nitrogen and oxygen atoms in total. The summed E-state index contributed by atoms with van der Waals surface area (Å²) >= 11 is 0. The lowest BCUT2D eigenvalue weighted by atomic mass is 9.93. The number of hydrogen-bond acceptors (Lipinski definition) is 4. The highest BCUT2D eigenvalue weighted by atomic mass is 16.3. The molecule has 1 saturated heterocycles. The van der Waals surface area contributed by atoms with Gasteiger partial charge in [-0.2, -0.15) is 0 Å². The van der Waals surface area contributed by atoms with Crippen molar-refractivity contribution >= 4 is 0 Å². The van der Waals surface area contributed by atoms with Gasteiger partial charge in [0, 0.05) is 12.8 Å². The van der Waals surface area contributed by atoms with Crippen LogP contribution in [0.25, 0.3) is 0 Å². The van der Waals surface area contributed by atoms with E-state index in [1.807, 2.05) is 0 Å². The third-order valence-electron chi connectivity index (χ3n) is 4.62. The molecule has 1 atom stereocenters. The van der Waals surface area contributed by atoms with Crippen molar-refractivity contribution in [3.8, 4) is 0 Å². The van der Waals surface area contributed by atoms with E-state index in [1.54, 1.807) is 0 Å². The van der Waals surface area contributed by atoms with Crippen molar-refractivity contribution in [3.05, 3.63) is 11.6 Å². The van der Waals surface area contributed by atoms with E-state index in [-0.39, 0.29) is 6.10 Å². The number of nitrogens with zero attached hydrogens (tertiary/aromatic N) is 4. The van der Waals surface area contributed by atoms with Gasteiger partial charge in [0.25, 0.3) is 0 Å². The largest absolute Gasteiger partial charge is 0.391 e. The number of likely N-dealkylation sites (tertiary alicyclic amines) is 1. The number of piperidine rings is 1. The maximum atomic E-state index is 9.79. The average Bonchev–Trinajstić information content (AvgIpc) is 2.82. The van der Waals surface area contributed by atoms with Crippen LogP contribution in [0.3, 0.4) is 0 Å². The van der Waals surface area contributed by atoms with Crippen LogP contribution in [0.15, 0.2) is 0 Å². The van der Waals surface area contributed by atoms with E-state index in [9.17, 15) is 5.11 Å². The lowest BCUT2D eigenvalue weighted by molar-refractivity contribution is 0.127. The molecule has 0 spiro atoms. The van der Waals surface area contributed by atoms with E-state index in [2.05, 4.69) is 26.6 Å². The van der Waals surface area contributed by atoms with Crippen molar-refractivity contribution in [1.82, 2.24) is 19.7 Å². The third-order valence-corrected chi connectivity index (χ3v) is 4.62. The van der Waals surface area contributed by atoms with E-state index in [1.165, 1.54) is 32.5 Å². The molecule has 5 heteroatoms. The van der Waals surface area contributed by atoms with Gasteiger partial charge in [-0.3, -0.25) is 0 Å². The van der Waals surface area contributed by atoms with Gasteiger partial charge in [-0.1, -0.05) is 6.92 Å². The quantitative estimate of drug-likeness (QED) is 0.880. The van der Waals surface area contributed by atoms with Crippen LogP contribution in [0.2, 0.25) is 0 Å². The van der Waals surface area contributed by atoms with Crippen LogP contribution in [-0.4, -0.2) is 50.5 Å². The van der Waals surface area contributed by atoms with Gasteiger partial charge >= 0.3 is 0 Å². The van der Waals surface area contributed by atoms with Crippen LogP contribution in [0.4, 0.5) is 0 Å². The fraction of sp³-hybridized carbons (Fsp3) is 0.857. The molecular weight excluding hydrogens is 240 g/mol. The maximum absolute atomic E-state index is 9.79. The number of aliphatic hydroxyl groups excluding tert-OH is 1. The highest BCUT2D eigenvalue weighted by Crippen LogP contribution is 2.23. The molecule has 0 aliphatic carbocycles. The van der Waals surface area contributed by atoms with Gasteiger partial charge in [0.15, 0.2) is 0 Å². The van der Waals surface area contributed by atoms with Crippen LogP contribution in [-0.2, 0) is 19.4 Å². The molecular formula is C14H24N4O. The smallest absolute Gasteiger partial charge is 0.133 e. The first-order chi connectivity index (χ1) is 9.26. The van der Waals surface area contributed by atoms with Crippen molar-refractivity contribution in [2.45, 2.75) is 51.7 Å². The normalized spacial score (nSPS) is 25.5. The van der Waals surface area contributed by atoms with Crippen LogP contribution in [0.1, 0.15) is 37.8 Å². The zero-order valence-corrected chi connectivity index (χ0v) is 11.8. The molecule has 0 bridgehead atoms. The molecule has 1 N–H and O–H groups in total. The molecule has 0 aromatic carbocycles. The van der Waals surface area contributed by atoms with Gasteiger partial charge in [-0.05, 0) is 44.8 Å². The first kappa shape index (κ1) is 13.1. The molecule has 0 amide bonds. The third kappa shape index (κ3) is 2.82. The monoisotopic (exact) mass is 264 g/mol. The van der Waals surface area contributed by atoms with E-state index < -0.39 is 0 Å². The second-order valence-electron chi connectivity index (χ2n) is 5.92. The van der Waals surface area contributed by atoms with Crippen molar-refractivity contribution in [2.75, 3.05) is 19.6 Å². The number of aryl methyl sites for hydroxylation is 1. The number of rotatable bonds is 3. The predicted octanol–water partition coefficient (Wildman–Crippen LogP) is 0.860. The SMILES string of the molecule is CCN1CCC(Cc2nnc3n2CC(O)CC3)CC1. The summed E-state index contributed by atoms with van der Waals surface area (Å²) in [5.74, 6) is 2.88. The summed E-state index contributed by atoms with van der Waals surface area (Å²) < 4.78 is 2.15. The second-order valence-corrected chi connectivity index (χ2v) is 5.92. The van der Waals surface area contributed by atoms with Gasteiger partial charge in [0.2, 0.25) is 0 Å². The lowest BCUT2D eigenvalue weighted by Gasteiger charge is -2.31. The van der Waals surface area contributed by atoms with Crippen molar-refractivity contribution in [3.63, 3.8) is 0 Å². The van der Waals surface area contributed by atoms with Gasteiger partial charge in [0.05, 0.1) is 12.6 Å². The topological polar surface area (TPSA) is 54.2 Å². The predicted molar refractivity (Wildman–Crippen MR) is 72.9 cm³/mol. The lowest BCUT2D eigenvalue weighted by Crippen LogP contribution is -2.34. The fourth-order valence-electron chi connectivity index (χ4n) is 3.28. The number of aromatic nitrogens is 3. The minimum atomic E-state index is -0.218. The van der Waals surface area contributed by atoms with E-state index in [4.69, 9.17) is 0 Å². The Morgan fingerprint density at radius 1 is 1.21 bits per heavy atom. The second kappa shape index (κ2) is 5.59. The molecule has 2 aliphatic rings. The molecule has 3 heterocycles. The number of hydrogen-bond donors (Lipinski definition) is 1. The molecule has 1 aromatic heterocycles. The molecule has 1 unspecified atom stereocenters.